The lowest BCUT2D eigenvalue weighted by Crippen LogP contribution is -2.07. The quantitative estimate of drug-likeness (QED) is 0.344. The normalized spacial score (nSPS) is 9.27. The summed E-state index contributed by atoms with van der Waals surface area (Å²) in [6, 6.07) is 0. The van der Waals surface area contributed by atoms with Crippen LogP contribution in [-0.4, -0.2) is 26.3 Å². The lowest BCUT2D eigenvalue weighted by Gasteiger charge is -2.00. The molecule has 0 aliphatic carbocycles. The summed E-state index contributed by atoms with van der Waals surface area (Å²) in [4.78, 5) is 10.4. The minimum atomic E-state index is -1.07. The molecule has 0 bridgehead atoms. The number of hydrogen-bond acceptors (Lipinski definition) is 3. The third-order valence-corrected chi connectivity index (χ3v) is 0.947. The lowest BCUT2D eigenvalue weighted by atomic mass is 10.5. The molecule has 0 saturated heterocycles. The van der Waals surface area contributed by atoms with Crippen molar-refractivity contribution in [2.24, 2.45) is 0 Å². The van der Waals surface area contributed by atoms with Crippen molar-refractivity contribution in [1.29, 1.82) is 0 Å². The van der Waals surface area contributed by atoms with Gasteiger partial charge in [-0.05, 0) is 0 Å². The summed E-state index contributed by atoms with van der Waals surface area (Å²) in [5.74, 6) is -2.07. The van der Waals surface area contributed by atoms with Gasteiger partial charge in [0.1, 0.15) is 0 Å². The van der Waals surface area contributed by atoms with Crippen molar-refractivity contribution < 1.29 is 18.7 Å². The molecule has 0 radical (unpaired) electrons. The summed E-state index contributed by atoms with van der Waals surface area (Å²) < 4.78 is 21.0. The van der Waals surface area contributed by atoms with E-state index in [1.165, 1.54) is 7.11 Å². The van der Waals surface area contributed by atoms with Gasteiger partial charge in [0.15, 0.2) is 0 Å². The summed E-state index contributed by atoms with van der Waals surface area (Å²) in [7, 11) is 1.54. The molecular formula is C7H11FO3. The predicted molar refractivity (Wildman–Crippen MR) is 37.7 cm³/mol. The zero-order valence-corrected chi connectivity index (χ0v) is 6.43. The van der Waals surface area contributed by atoms with Crippen LogP contribution in [0.3, 0.4) is 0 Å². The number of rotatable bonds is 5. The van der Waals surface area contributed by atoms with Crippen LogP contribution < -0.4 is 0 Å². The van der Waals surface area contributed by atoms with Crippen molar-refractivity contribution in [3.05, 3.63) is 12.4 Å². The average molecular weight is 162 g/mol. The molecule has 0 N–H and O–H groups in total. The first-order valence-corrected chi connectivity index (χ1v) is 3.19. The molecule has 0 saturated carbocycles. The molecule has 3 nitrogen and oxygen atoms in total. The van der Waals surface area contributed by atoms with Crippen LogP contribution in [0.1, 0.15) is 6.42 Å². The largest absolute Gasteiger partial charge is 0.460 e. The molecule has 64 valence electrons. The minimum Gasteiger partial charge on any atom is -0.460 e. The topological polar surface area (TPSA) is 35.5 Å². The number of methoxy groups -OCH3 is 1. The van der Waals surface area contributed by atoms with E-state index in [9.17, 15) is 9.18 Å². The monoisotopic (exact) mass is 162 g/mol. The summed E-state index contributed by atoms with van der Waals surface area (Å²) in [6.45, 7) is 3.44. The number of carbonyl (C=O) groups is 1. The molecule has 0 unspecified atom stereocenters. The Morgan fingerprint density at radius 3 is 2.64 bits per heavy atom. The Bertz CT molecular complexity index is 145. The molecule has 11 heavy (non-hydrogen) atoms. The maximum atomic E-state index is 11.9. The molecule has 0 amide bonds. The molecule has 0 fully saturated rings. The molecular weight excluding hydrogens is 151 g/mol. The Morgan fingerprint density at radius 2 is 2.18 bits per heavy atom. The molecule has 0 aliphatic rings. The van der Waals surface area contributed by atoms with Crippen molar-refractivity contribution in [1.82, 2.24) is 0 Å². The third-order valence-electron chi connectivity index (χ3n) is 0.947. The number of ether oxygens (including phenoxy) is 2. The van der Waals surface area contributed by atoms with E-state index in [1.54, 1.807) is 0 Å². The van der Waals surface area contributed by atoms with Crippen LogP contribution in [-0.2, 0) is 14.3 Å². The zero-order valence-electron chi connectivity index (χ0n) is 6.43. The maximum absolute atomic E-state index is 11.9. The van der Waals surface area contributed by atoms with Crippen molar-refractivity contribution in [2.75, 3.05) is 20.3 Å². The van der Waals surface area contributed by atoms with Crippen molar-refractivity contribution in [2.45, 2.75) is 6.42 Å². The fourth-order valence-electron chi connectivity index (χ4n) is 0.446. The van der Waals surface area contributed by atoms with E-state index in [1.807, 2.05) is 0 Å². The summed E-state index contributed by atoms with van der Waals surface area (Å²) in [6.07, 6.45) is 0.565. The molecule has 0 heterocycles. The van der Waals surface area contributed by atoms with Crippen LogP contribution >= 0.6 is 0 Å². The lowest BCUT2D eigenvalue weighted by molar-refractivity contribution is -0.141. The molecule has 4 heteroatoms. The van der Waals surface area contributed by atoms with Crippen LogP contribution in [0, 0.1) is 0 Å². The van der Waals surface area contributed by atoms with Gasteiger partial charge in [-0.1, -0.05) is 6.58 Å². The zero-order chi connectivity index (χ0) is 8.69. The Hall–Kier alpha value is -0.900. The molecule has 0 aromatic carbocycles. The fourth-order valence-corrected chi connectivity index (χ4v) is 0.446. The van der Waals surface area contributed by atoms with Gasteiger partial charge < -0.3 is 9.47 Å². The highest BCUT2D eigenvalue weighted by Gasteiger charge is 2.05. The Labute approximate surface area is 64.8 Å². The molecule has 0 aliphatic heterocycles. The van der Waals surface area contributed by atoms with Crippen molar-refractivity contribution >= 4 is 5.97 Å². The van der Waals surface area contributed by atoms with E-state index in [-0.39, 0.29) is 6.61 Å². The van der Waals surface area contributed by atoms with E-state index < -0.39 is 11.8 Å². The van der Waals surface area contributed by atoms with E-state index in [2.05, 4.69) is 16.1 Å². The van der Waals surface area contributed by atoms with E-state index in [4.69, 9.17) is 0 Å². The van der Waals surface area contributed by atoms with E-state index in [0.717, 1.165) is 0 Å². The summed E-state index contributed by atoms with van der Waals surface area (Å²) in [5, 5.41) is 0. The first kappa shape index (κ1) is 10.1. The van der Waals surface area contributed by atoms with Crippen LogP contribution in [0.25, 0.3) is 0 Å². The first-order chi connectivity index (χ1) is 5.18. The second kappa shape index (κ2) is 5.85. The Morgan fingerprint density at radius 1 is 1.55 bits per heavy atom. The Balaban J connectivity index is 3.25. The highest BCUT2D eigenvalue weighted by Crippen LogP contribution is 1.95. The molecule has 0 rings (SSSR count). The first-order valence-electron chi connectivity index (χ1n) is 3.19. The summed E-state index contributed by atoms with van der Waals surface area (Å²) >= 11 is 0. The summed E-state index contributed by atoms with van der Waals surface area (Å²) in [5.41, 5.74) is 0. The Kier molecular flexibility index (Phi) is 5.37. The van der Waals surface area contributed by atoms with Crippen LogP contribution in [0.5, 0.6) is 0 Å². The van der Waals surface area contributed by atoms with Gasteiger partial charge in [-0.3, -0.25) is 0 Å². The van der Waals surface area contributed by atoms with E-state index in [0.29, 0.717) is 13.0 Å². The van der Waals surface area contributed by atoms with Gasteiger partial charge in [-0.25, -0.2) is 4.79 Å². The molecule has 0 aromatic heterocycles. The van der Waals surface area contributed by atoms with Gasteiger partial charge >= 0.3 is 5.97 Å². The van der Waals surface area contributed by atoms with Gasteiger partial charge in [0, 0.05) is 20.1 Å². The third kappa shape index (κ3) is 5.54. The minimum absolute atomic E-state index is 0.162. The van der Waals surface area contributed by atoms with Crippen molar-refractivity contribution in [3.63, 3.8) is 0 Å². The van der Waals surface area contributed by atoms with Crippen molar-refractivity contribution in [3.8, 4) is 0 Å². The van der Waals surface area contributed by atoms with Gasteiger partial charge in [0.2, 0.25) is 5.83 Å². The number of halogens is 1. The second-order valence-corrected chi connectivity index (χ2v) is 1.89. The van der Waals surface area contributed by atoms with E-state index >= 15 is 0 Å². The van der Waals surface area contributed by atoms with Crippen LogP contribution in [0.15, 0.2) is 12.4 Å². The smallest absolute Gasteiger partial charge is 0.366 e. The molecule has 0 atom stereocenters. The number of hydrogen-bond donors (Lipinski definition) is 0. The highest BCUT2D eigenvalue weighted by molar-refractivity contribution is 5.85. The van der Waals surface area contributed by atoms with Crippen LogP contribution in [0.2, 0.25) is 0 Å². The molecule has 0 aromatic rings. The van der Waals surface area contributed by atoms with Gasteiger partial charge in [0.25, 0.3) is 0 Å². The van der Waals surface area contributed by atoms with Gasteiger partial charge in [-0.2, -0.15) is 4.39 Å². The highest BCUT2D eigenvalue weighted by atomic mass is 19.1. The number of esters is 1. The second-order valence-electron chi connectivity index (χ2n) is 1.89. The maximum Gasteiger partial charge on any atom is 0.366 e. The van der Waals surface area contributed by atoms with Gasteiger partial charge in [-0.15, -0.1) is 0 Å². The predicted octanol–water partition coefficient (Wildman–Crippen LogP) is 1.05. The average Bonchev–Trinajstić information content (AvgIpc) is 1.97. The standard InChI is InChI=1S/C7H11FO3/c1-6(8)7(9)11-5-3-4-10-2/h1,3-5H2,2H3. The number of carbonyl (C=O) groups excluding carboxylic acids is 1. The van der Waals surface area contributed by atoms with Crippen LogP contribution in [0.4, 0.5) is 4.39 Å². The SMILES string of the molecule is C=C(F)C(=O)OCCCOC. The van der Waals surface area contributed by atoms with Gasteiger partial charge in [0.05, 0.1) is 6.61 Å². The fraction of sp³-hybridized carbons (Fsp3) is 0.571. The molecule has 0 spiro atoms.